The molecule has 4 heterocycles. The number of methoxy groups -OCH3 is 1. The Labute approximate surface area is 245 Å². The molecule has 0 radical (unpaired) electrons. The number of thiazole rings is 1. The summed E-state index contributed by atoms with van der Waals surface area (Å²) >= 11 is 1.58. The van der Waals surface area contributed by atoms with Gasteiger partial charge in [0.25, 0.3) is 5.91 Å². The summed E-state index contributed by atoms with van der Waals surface area (Å²) in [4.78, 5) is 21.7. The molecule has 0 bridgehead atoms. The van der Waals surface area contributed by atoms with Gasteiger partial charge in [0.05, 0.1) is 34.2 Å². The third-order valence-corrected chi connectivity index (χ3v) is 9.08. The molecule has 218 valence electrons. The lowest BCUT2D eigenvalue weighted by Crippen LogP contribution is -2.33. The Morgan fingerprint density at radius 2 is 2.00 bits per heavy atom. The van der Waals surface area contributed by atoms with Crippen molar-refractivity contribution in [3.63, 3.8) is 0 Å². The lowest BCUT2D eigenvalue weighted by atomic mass is 10.0. The van der Waals surface area contributed by atoms with Crippen molar-refractivity contribution in [2.45, 2.75) is 57.7 Å². The molecule has 2 fully saturated rings. The van der Waals surface area contributed by atoms with Gasteiger partial charge in [-0.25, -0.2) is 4.98 Å². The highest BCUT2D eigenvalue weighted by molar-refractivity contribution is 7.23. The number of carbonyl (C=O) groups is 1. The largest absolute Gasteiger partial charge is 0.487 e. The molecule has 1 unspecified atom stereocenters. The van der Waals surface area contributed by atoms with Gasteiger partial charge in [-0.15, -0.1) is 0 Å². The Morgan fingerprint density at radius 3 is 2.76 bits per heavy atom. The first kappa shape index (κ1) is 28.2. The molecule has 4 aromatic rings. The van der Waals surface area contributed by atoms with E-state index in [9.17, 15) is 4.79 Å². The van der Waals surface area contributed by atoms with Crippen LogP contribution in [0.25, 0.3) is 26.4 Å². The number of piperidine rings is 1. The Hall–Kier alpha value is -2.98. The quantitative estimate of drug-likeness (QED) is 0.218. The van der Waals surface area contributed by atoms with Crippen LogP contribution in [-0.2, 0) is 9.47 Å². The fourth-order valence-electron chi connectivity index (χ4n) is 5.92. The first-order valence-electron chi connectivity index (χ1n) is 14.9. The SMILES string of the molecule is COC[C@H](C)Oc1cc2c(cc1C(=O)NCCCN1CCCCC1)sc1nc(-c3ccc(C4CCCO4)cc3)cn12. The predicted octanol–water partition coefficient (Wildman–Crippen LogP) is 6.09. The van der Waals surface area contributed by atoms with Crippen LogP contribution in [0.2, 0.25) is 0 Å². The smallest absolute Gasteiger partial charge is 0.255 e. The highest BCUT2D eigenvalue weighted by atomic mass is 32.1. The number of nitrogens with one attached hydrogen (secondary N) is 1. The van der Waals surface area contributed by atoms with Gasteiger partial charge in [0.1, 0.15) is 11.9 Å². The minimum absolute atomic E-state index is 0.108. The summed E-state index contributed by atoms with van der Waals surface area (Å²) in [6.45, 7) is 7.23. The van der Waals surface area contributed by atoms with Gasteiger partial charge in [-0.3, -0.25) is 9.20 Å². The topological polar surface area (TPSA) is 77.3 Å². The zero-order valence-corrected chi connectivity index (χ0v) is 24.9. The third-order valence-electron chi connectivity index (χ3n) is 8.06. The van der Waals surface area contributed by atoms with E-state index in [1.807, 2.05) is 19.1 Å². The molecule has 9 heteroatoms. The van der Waals surface area contributed by atoms with Crippen LogP contribution in [0.4, 0.5) is 0 Å². The molecule has 0 spiro atoms. The molecule has 2 atom stereocenters. The molecule has 2 aromatic heterocycles. The van der Waals surface area contributed by atoms with Gasteiger partial charge in [-0.05, 0) is 70.3 Å². The van der Waals surface area contributed by atoms with Gasteiger partial charge in [0.15, 0.2) is 4.96 Å². The molecule has 8 nitrogen and oxygen atoms in total. The van der Waals surface area contributed by atoms with Gasteiger partial charge < -0.3 is 24.4 Å². The Morgan fingerprint density at radius 1 is 1.17 bits per heavy atom. The van der Waals surface area contributed by atoms with E-state index in [1.165, 1.54) is 37.9 Å². The van der Waals surface area contributed by atoms with Gasteiger partial charge in [0.2, 0.25) is 0 Å². The second-order valence-corrected chi connectivity index (χ2v) is 12.2. The number of hydrogen-bond acceptors (Lipinski definition) is 7. The summed E-state index contributed by atoms with van der Waals surface area (Å²) in [7, 11) is 1.65. The van der Waals surface area contributed by atoms with Crippen molar-refractivity contribution in [1.82, 2.24) is 19.6 Å². The van der Waals surface area contributed by atoms with Crippen LogP contribution in [-0.4, -0.2) is 72.8 Å². The number of rotatable bonds is 11. The number of imidazole rings is 1. The maximum atomic E-state index is 13.4. The van der Waals surface area contributed by atoms with Crippen molar-refractivity contribution in [1.29, 1.82) is 0 Å². The zero-order chi connectivity index (χ0) is 28.2. The second-order valence-electron chi connectivity index (χ2n) is 11.2. The van der Waals surface area contributed by atoms with Crippen LogP contribution >= 0.6 is 11.3 Å². The highest BCUT2D eigenvalue weighted by Gasteiger charge is 2.21. The number of nitrogens with zero attached hydrogens (tertiary/aromatic N) is 3. The summed E-state index contributed by atoms with van der Waals surface area (Å²) in [6, 6.07) is 12.5. The van der Waals surface area contributed by atoms with E-state index in [-0.39, 0.29) is 18.1 Å². The van der Waals surface area contributed by atoms with Crippen molar-refractivity contribution in [3.8, 4) is 17.0 Å². The second kappa shape index (κ2) is 12.9. The van der Waals surface area contributed by atoms with E-state index >= 15 is 0 Å². The molecule has 6 rings (SSSR count). The number of fused-ring (bicyclic) bond motifs is 3. The molecule has 0 saturated carbocycles. The first-order chi connectivity index (χ1) is 20.1. The first-order valence-corrected chi connectivity index (χ1v) is 15.7. The van der Waals surface area contributed by atoms with Crippen LogP contribution in [0.15, 0.2) is 42.6 Å². The van der Waals surface area contributed by atoms with E-state index in [1.54, 1.807) is 18.4 Å². The monoisotopic (exact) mass is 576 g/mol. The van der Waals surface area contributed by atoms with Crippen molar-refractivity contribution in [3.05, 3.63) is 53.7 Å². The normalized spacial score (nSPS) is 18.7. The van der Waals surface area contributed by atoms with Gasteiger partial charge >= 0.3 is 0 Å². The molecule has 2 aromatic carbocycles. The van der Waals surface area contributed by atoms with Crippen molar-refractivity contribution in [2.75, 3.05) is 46.5 Å². The fraction of sp³-hybridized carbons (Fsp3) is 0.500. The number of carbonyl (C=O) groups excluding carboxylic acids is 1. The van der Waals surface area contributed by atoms with Crippen molar-refractivity contribution in [2.24, 2.45) is 0 Å². The van der Waals surface area contributed by atoms with Crippen molar-refractivity contribution >= 4 is 32.4 Å². The Balaban J connectivity index is 1.22. The van der Waals surface area contributed by atoms with E-state index in [4.69, 9.17) is 19.2 Å². The van der Waals surface area contributed by atoms with Crippen LogP contribution in [0.5, 0.6) is 5.75 Å². The van der Waals surface area contributed by atoms with E-state index < -0.39 is 0 Å². The van der Waals surface area contributed by atoms with Crippen LogP contribution in [0.3, 0.4) is 0 Å². The van der Waals surface area contributed by atoms with Gasteiger partial charge in [-0.1, -0.05) is 42.0 Å². The van der Waals surface area contributed by atoms with E-state index in [2.05, 4.69) is 45.1 Å². The molecule has 2 aliphatic rings. The average molecular weight is 577 g/mol. The molecular formula is C32H40N4O4S. The number of aromatic nitrogens is 2. The number of benzene rings is 2. The number of amides is 1. The summed E-state index contributed by atoms with van der Waals surface area (Å²) in [5.74, 6) is 0.453. The molecule has 1 N–H and O–H groups in total. The summed E-state index contributed by atoms with van der Waals surface area (Å²) in [6.07, 6.45) is 9.11. The van der Waals surface area contributed by atoms with E-state index in [0.29, 0.717) is 24.5 Å². The highest BCUT2D eigenvalue weighted by Crippen LogP contribution is 2.35. The summed E-state index contributed by atoms with van der Waals surface area (Å²) < 4.78 is 20.5. The standard InChI is InChI=1S/C32H40N4O4S/c1-22(21-38-2)40-29-19-27-30(18-25(29)31(37)33-13-7-16-35-14-4-3-5-15-35)41-32-34-26(20-36(27)32)23-9-11-24(12-10-23)28-8-6-17-39-28/h9-12,18-20,22,28H,3-8,13-17,21H2,1-2H3,(H,33,37)/t22-,28?/m0/s1. The maximum absolute atomic E-state index is 13.4. The van der Waals surface area contributed by atoms with Gasteiger partial charge in [-0.2, -0.15) is 0 Å². The van der Waals surface area contributed by atoms with Crippen LogP contribution in [0, 0.1) is 0 Å². The zero-order valence-electron chi connectivity index (χ0n) is 24.1. The van der Waals surface area contributed by atoms with Crippen LogP contribution < -0.4 is 10.1 Å². The Bertz CT molecular complexity index is 1470. The fourth-order valence-corrected chi connectivity index (χ4v) is 6.95. The molecule has 2 saturated heterocycles. The van der Waals surface area contributed by atoms with Gasteiger partial charge in [0, 0.05) is 38.1 Å². The Kier molecular flexibility index (Phi) is 8.86. The predicted molar refractivity (Wildman–Crippen MR) is 163 cm³/mol. The maximum Gasteiger partial charge on any atom is 0.255 e. The van der Waals surface area contributed by atoms with Crippen LogP contribution in [0.1, 0.15) is 67.5 Å². The molecular weight excluding hydrogens is 536 g/mol. The average Bonchev–Trinajstić information content (AvgIpc) is 3.73. The summed E-state index contributed by atoms with van der Waals surface area (Å²) in [5, 5.41) is 3.13. The summed E-state index contributed by atoms with van der Waals surface area (Å²) in [5.41, 5.74) is 4.74. The minimum Gasteiger partial charge on any atom is -0.487 e. The third kappa shape index (κ3) is 6.43. The minimum atomic E-state index is -0.196. The molecule has 2 aliphatic heterocycles. The number of likely N-dealkylation sites (tertiary alicyclic amines) is 1. The molecule has 0 aliphatic carbocycles. The lowest BCUT2D eigenvalue weighted by molar-refractivity contribution is 0.0870. The van der Waals surface area contributed by atoms with Crippen molar-refractivity contribution < 1.29 is 19.0 Å². The number of ether oxygens (including phenoxy) is 3. The number of hydrogen-bond donors (Lipinski definition) is 1. The lowest BCUT2D eigenvalue weighted by Gasteiger charge is -2.26. The molecule has 1 amide bonds. The van der Waals surface area contributed by atoms with E-state index in [0.717, 1.165) is 58.8 Å². The molecule has 41 heavy (non-hydrogen) atoms.